The van der Waals surface area contributed by atoms with Gasteiger partial charge in [-0.3, -0.25) is 4.79 Å². The first-order chi connectivity index (χ1) is 8.26. The summed E-state index contributed by atoms with van der Waals surface area (Å²) in [6, 6.07) is 3.74. The summed E-state index contributed by atoms with van der Waals surface area (Å²) in [6.07, 6.45) is 2.34. The molecular formula is C11H16N4O2. The van der Waals surface area contributed by atoms with Gasteiger partial charge in [-0.25, -0.2) is 0 Å². The second kappa shape index (κ2) is 10.5. The van der Waals surface area contributed by atoms with E-state index in [4.69, 9.17) is 15.3 Å². The molecule has 0 aliphatic rings. The summed E-state index contributed by atoms with van der Waals surface area (Å²) in [5.74, 6) is -0.423. The van der Waals surface area contributed by atoms with E-state index in [1.807, 2.05) is 6.07 Å². The van der Waals surface area contributed by atoms with Crippen LogP contribution in [-0.2, 0) is 9.53 Å². The highest BCUT2D eigenvalue weighted by atomic mass is 16.5. The van der Waals surface area contributed by atoms with E-state index in [-0.39, 0.29) is 5.57 Å². The van der Waals surface area contributed by atoms with Crippen LogP contribution in [0.5, 0.6) is 0 Å². The molecule has 0 rings (SSSR count). The van der Waals surface area contributed by atoms with Gasteiger partial charge in [-0.2, -0.15) is 10.5 Å². The number of hydrogen-bond acceptors (Lipinski definition) is 5. The number of amides is 1. The molecule has 0 spiro atoms. The van der Waals surface area contributed by atoms with E-state index < -0.39 is 5.91 Å². The van der Waals surface area contributed by atoms with Crippen molar-refractivity contribution in [2.75, 3.05) is 26.8 Å². The predicted molar refractivity (Wildman–Crippen MR) is 61.4 cm³/mol. The van der Waals surface area contributed by atoms with Crippen molar-refractivity contribution in [2.45, 2.75) is 12.8 Å². The molecule has 6 heteroatoms. The number of rotatable bonds is 8. The fourth-order valence-corrected chi connectivity index (χ4v) is 0.965. The Morgan fingerprint density at radius 2 is 2.18 bits per heavy atom. The summed E-state index contributed by atoms with van der Waals surface area (Å²) < 4.78 is 4.83. The molecule has 0 aromatic carbocycles. The van der Waals surface area contributed by atoms with Crippen LogP contribution in [0.2, 0.25) is 0 Å². The maximum absolute atomic E-state index is 11.5. The normalized spacial score (nSPS) is 10.2. The second-order valence-corrected chi connectivity index (χ2v) is 3.13. The monoisotopic (exact) mass is 236 g/mol. The van der Waals surface area contributed by atoms with Crippen molar-refractivity contribution >= 4 is 5.91 Å². The Morgan fingerprint density at radius 3 is 2.76 bits per heavy atom. The summed E-state index contributed by atoms with van der Waals surface area (Å²) >= 11 is 0. The van der Waals surface area contributed by atoms with Crippen molar-refractivity contribution in [3.63, 3.8) is 0 Å². The SMILES string of the molecule is COCCCNC(=O)/C(C#N)=C\NCCC#N. The van der Waals surface area contributed by atoms with Gasteiger partial charge in [-0.05, 0) is 6.42 Å². The second-order valence-electron chi connectivity index (χ2n) is 3.13. The van der Waals surface area contributed by atoms with E-state index in [2.05, 4.69) is 10.6 Å². The van der Waals surface area contributed by atoms with Crippen LogP contribution in [-0.4, -0.2) is 32.7 Å². The zero-order valence-corrected chi connectivity index (χ0v) is 9.82. The van der Waals surface area contributed by atoms with Crippen LogP contribution in [0.25, 0.3) is 0 Å². The number of carbonyl (C=O) groups excluding carboxylic acids is 1. The Morgan fingerprint density at radius 1 is 1.41 bits per heavy atom. The van der Waals surface area contributed by atoms with Gasteiger partial charge in [0.1, 0.15) is 11.6 Å². The van der Waals surface area contributed by atoms with Crippen LogP contribution in [0.3, 0.4) is 0 Å². The smallest absolute Gasteiger partial charge is 0.263 e. The van der Waals surface area contributed by atoms with E-state index in [1.165, 1.54) is 6.20 Å². The maximum Gasteiger partial charge on any atom is 0.263 e. The Bertz CT molecular complexity index is 338. The van der Waals surface area contributed by atoms with Crippen LogP contribution in [0.15, 0.2) is 11.8 Å². The van der Waals surface area contributed by atoms with Gasteiger partial charge in [0, 0.05) is 33.0 Å². The highest BCUT2D eigenvalue weighted by Gasteiger charge is 2.06. The van der Waals surface area contributed by atoms with Crippen molar-refractivity contribution < 1.29 is 9.53 Å². The van der Waals surface area contributed by atoms with Gasteiger partial charge >= 0.3 is 0 Å². The van der Waals surface area contributed by atoms with Crippen molar-refractivity contribution in [3.05, 3.63) is 11.8 Å². The Kier molecular flexibility index (Phi) is 9.20. The molecule has 0 saturated carbocycles. The third-order valence-corrected chi connectivity index (χ3v) is 1.80. The summed E-state index contributed by atoms with van der Waals surface area (Å²) in [5, 5.41) is 22.4. The van der Waals surface area contributed by atoms with Gasteiger partial charge in [-0.15, -0.1) is 0 Å². The van der Waals surface area contributed by atoms with Crippen LogP contribution >= 0.6 is 0 Å². The Hall–Kier alpha value is -2.05. The molecule has 0 fully saturated rings. The van der Waals surface area contributed by atoms with E-state index in [9.17, 15) is 4.79 Å². The zero-order valence-electron chi connectivity index (χ0n) is 9.82. The lowest BCUT2D eigenvalue weighted by Crippen LogP contribution is -2.27. The first kappa shape index (κ1) is 14.9. The summed E-state index contributed by atoms with van der Waals surface area (Å²) in [5.41, 5.74) is 0.000330. The van der Waals surface area contributed by atoms with Crippen molar-refractivity contribution in [3.8, 4) is 12.1 Å². The van der Waals surface area contributed by atoms with Crippen LogP contribution < -0.4 is 10.6 Å². The molecular weight excluding hydrogens is 220 g/mol. The number of nitrogens with zero attached hydrogens (tertiary/aromatic N) is 2. The van der Waals surface area contributed by atoms with Crippen LogP contribution in [0, 0.1) is 22.7 Å². The number of methoxy groups -OCH3 is 1. The van der Waals surface area contributed by atoms with Gasteiger partial charge in [-0.1, -0.05) is 0 Å². The van der Waals surface area contributed by atoms with Crippen molar-refractivity contribution in [2.24, 2.45) is 0 Å². The first-order valence-electron chi connectivity index (χ1n) is 5.24. The van der Waals surface area contributed by atoms with Gasteiger partial charge in [0.2, 0.25) is 0 Å². The summed E-state index contributed by atoms with van der Waals surface area (Å²) in [7, 11) is 1.58. The molecule has 17 heavy (non-hydrogen) atoms. The van der Waals surface area contributed by atoms with E-state index in [0.29, 0.717) is 32.5 Å². The molecule has 0 aliphatic heterocycles. The van der Waals surface area contributed by atoms with Gasteiger partial charge in [0.15, 0.2) is 0 Å². The average molecular weight is 236 g/mol. The molecule has 0 bridgehead atoms. The highest BCUT2D eigenvalue weighted by Crippen LogP contribution is 1.91. The quantitative estimate of drug-likeness (QED) is 0.352. The first-order valence-corrected chi connectivity index (χ1v) is 5.24. The minimum atomic E-state index is -0.423. The molecule has 0 atom stereocenters. The largest absolute Gasteiger partial charge is 0.389 e. The lowest BCUT2D eigenvalue weighted by atomic mass is 10.3. The number of nitriles is 2. The number of hydrogen-bond donors (Lipinski definition) is 2. The van der Waals surface area contributed by atoms with Crippen molar-refractivity contribution in [1.29, 1.82) is 10.5 Å². The molecule has 0 aliphatic carbocycles. The summed E-state index contributed by atoms with van der Waals surface area (Å²) in [4.78, 5) is 11.5. The predicted octanol–water partition coefficient (Wildman–Crippen LogP) is 0.0499. The number of nitrogens with one attached hydrogen (secondary N) is 2. The average Bonchev–Trinajstić information content (AvgIpc) is 2.34. The standard InChI is InChI=1S/C11H16N4O2/c1-17-7-3-6-15-11(16)10(8-13)9-14-5-2-4-12/h9,14H,2-3,5-7H2,1H3,(H,15,16)/b10-9-. The molecule has 0 radical (unpaired) electrons. The van der Waals surface area contributed by atoms with E-state index >= 15 is 0 Å². The number of carbonyl (C=O) groups is 1. The lowest BCUT2D eigenvalue weighted by Gasteiger charge is -2.03. The molecule has 0 heterocycles. The van der Waals surface area contributed by atoms with Gasteiger partial charge < -0.3 is 15.4 Å². The Labute approximate surface area is 101 Å². The van der Waals surface area contributed by atoms with E-state index in [1.54, 1.807) is 13.2 Å². The fraction of sp³-hybridized carbons (Fsp3) is 0.545. The highest BCUT2D eigenvalue weighted by molar-refractivity contribution is 5.97. The molecule has 92 valence electrons. The topological polar surface area (TPSA) is 97.9 Å². The van der Waals surface area contributed by atoms with E-state index in [0.717, 1.165) is 0 Å². The molecule has 2 N–H and O–H groups in total. The minimum Gasteiger partial charge on any atom is -0.389 e. The summed E-state index contributed by atoms with van der Waals surface area (Å²) in [6.45, 7) is 1.44. The molecule has 0 aromatic heterocycles. The molecule has 0 aromatic rings. The van der Waals surface area contributed by atoms with Crippen LogP contribution in [0.4, 0.5) is 0 Å². The third-order valence-electron chi connectivity index (χ3n) is 1.80. The van der Waals surface area contributed by atoms with Gasteiger partial charge in [0.05, 0.1) is 12.5 Å². The lowest BCUT2D eigenvalue weighted by molar-refractivity contribution is -0.117. The third kappa shape index (κ3) is 7.83. The minimum absolute atomic E-state index is 0.000330. The zero-order chi connectivity index (χ0) is 12.9. The van der Waals surface area contributed by atoms with Crippen LogP contribution in [0.1, 0.15) is 12.8 Å². The fourth-order valence-electron chi connectivity index (χ4n) is 0.965. The molecule has 0 unspecified atom stereocenters. The molecule has 1 amide bonds. The molecule has 0 saturated heterocycles. The number of ether oxygens (including phenoxy) is 1. The van der Waals surface area contributed by atoms with Gasteiger partial charge in [0.25, 0.3) is 5.91 Å². The molecule has 6 nitrogen and oxygen atoms in total. The van der Waals surface area contributed by atoms with Crippen molar-refractivity contribution in [1.82, 2.24) is 10.6 Å². The Balaban J connectivity index is 3.96. The maximum atomic E-state index is 11.5.